The topological polar surface area (TPSA) is 41.6 Å². The van der Waals surface area contributed by atoms with Crippen LogP contribution in [0.4, 0.5) is 5.69 Å². The zero-order valence-corrected chi connectivity index (χ0v) is 24.6. The molecule has 2 aromatic carbocycles. The van der Waals surface area contributed by atoms with Crippen molar-refractivity contribution in [1.29, 1.82) is 0 Å². The minimum Gasteiger partial charge on any atom is -0.492 e. The van der Waals surface area contributed by atoms with E-state index < -0.39 is 0 Å². The van der Waals surface area contributed by atoms with Crippen LogP contribution in [0.3, 0.4) is 0 Å². The van der Waals surface area contributed by atoms with Gasteiger partial charge in [-0.25, -0.2) is 0 Å². The number of benzene rings is 2. The van der Waals surface area contributed by atoms with Gasteiger partial charge in [0.1, 0.15) is 5.75 Å². The minimum absolute atomic E-state index is 0.0749. The summed E-state index contributed by atoms with van der Waals surface area (Å²) in [5, 5.41) is 5.68. The third kappa shape index (κ3) is 11.7. The molecule has 0 unspecified atom stereocenters. The number of nitrogens with one attached hydrogen (secondary N) is 1. The van der Waals surface area contributed by atoms with Crippen molar-refractivity contribution in [2.24, 2.45) is 0 Å². The first-order valence-electron chi connectivity index (χ1n) is 14.5. The second kappa shape index (κ2) is 18.2. The predicted octanol–water partition coefficient (Wildman–Crippen LogP) is 9.58. The van der Waals surface area contributed by atoms with E-state index in [0.717, 1.165) is 30.1 Å². The van der Waals surface area contributed by atoms with Crippen LogP contribution in [0.1, 0.15) is 95.1 Å². The monoisotopic (exact) mass is 556 g/mol. The van der Waals surface area contributed by atoms with E-state index >= 15 is 0 Å². The lowest BCUT2D eigenvalue weighted by atomic mass is 10.1. The van der Waals surface area contributed by atoms with E-state index in [9.17, 15) is 4.79 Å². The smallest absolute Gasteiger partial charge is 0.228 e. The molecule has 1 heterocycles. The molecule has 38 heavy (non-hydrogen) atoms. The fraction of sp³-hybridized carbons (Fsp3) is 0.531. The Kier molecular flexibility index (Phi) is 14.6. The Morgan fingerprint density at radius 3 is 2.21 bits per heavy atom. The van der Waals surface area contributed by atoms with Gasteiger partial charge in [0.25, 0.3) is 0 Å². The number of carbonyl (C=O) groups is 1. The molecule has 6 heteroatoms. The molecule has 0 atom stereocenters. The molecule has 1 aliphatic rings. The molecule has 0 aliphatic carbocycles. The quantitative estimate of drug-likeness (QED) is 0.175. The summed E-state index contributed by atoms with van der Waals surface area (Å²) in [5.41, 5.74) is 2.84. The van der Waals surface area contributed by atoms with Crippen LogP contribution in [0, 0.1) is 0 Å². The van der Waals surface area contributed by atoms with Crippen molar-refractivity contribution < 1.29 is 9.53 Å². The zero-order valence-electron chi connectivity index (χ0n) is 23.1. The molecule has 2 aromatic rings. The minimum atomic E-state index is -0.0749. The van der Waals surface area contributed by atoms with Crippen LogP contribution in [0.25, 0.3) is 0 Å². The molecule has 0 aromatic heterocycles. The molecule has 1 amide bonds. The molecule has 0 saturated heterocycles. The number of anilines is 1. The lowest BCUT2D eigenvalue weighted by Crippen LogP contribution is -2.16. The van der Waals surface area contributed by atoms with Crippen molar-refractivity contribution in [1.82, 2.24) is 4.90 Å². The Hall–Kier alpha value is -2.11. The summed E-state index contributed by atoms with van der Waals surface area (Å²) >= 11 is 8.24. The number of carbonyl (C=O) groups excluding carboxylic acids is 1. The predicted molar refractivity (Wildman–Crippen MR) is 164 cm³/mol. The average Bonchev–Trinajstić information content (AvgIpc) is 3.42. The number of para-hydroxylation sites is 1. The third-order valence-corrected chi connectivity index (χ3v) is 7.97. The van der Waals surface area contributed by atoms with Gasteiger partial charge < -0.3 is 15.0 Å². The van der Waals surface area contributed by atoms with Crippen LogP contribution in [-0.2, 0) is 17.8 Å². The maximum atomic E-state index is 12.8. The highest BCUT2D eigenvalue weighted by atomic mass is 35.5. The molecular formula is C32H45ClN2O2S. The first-order valence-corrected chi connectivity index (χ1v) is 15.9. The summed E-state index contributed by atoms with van der Waals surface area (Å²) in [6, 6.07) is 13.7. The van der Waals surface area contributed by atoms with Gasteiger partial charge in [-0.3, -0.25) is 4.79 Å². The van der Waals surface area contributed by atoms with Crippen molar-refractivity contribution >= 4 is 35.0 Å². The maximum Gasteiger partial charge on any atom is 0.228 e. The van der Waals surface area contributed by atoms with Gasteiger partial charge in [-0.15, -0.1) is 11.8 Å². The highest BCUT2D eigenvalue weighted by Crippen LogP contribution is 2.30. The van der Waals surface area contributed by atoms with E-state index in [2.05, 4.69) is 40.9 Å². The van der Waals surface area contributed by atoms with Gasteiger partial charge in [-0.1, -0.05) is 113 Å². The molecule has 0 fully saturated rings. The average molecular weight is 557 g/mol. The van der Waals surface area contributed by atoms with Crippen LogP contribution in [0.5, 0.6) is 5.75 Å². The fourth-order valence-electron chi connectivity index (χ4n) is 4.69. The largest absolute Gasteiger partial charge is 0.492 e. The number of rotatable bonds is 19. The van der Waals surface area contributed by atoms with Crippen molar-refractivity contribution in [3.05, 3.63) is 70.2 Å². The van der Waals surface area contributed by atoms with Gasteiger partial charge in [0, 0.05) is 24.0 Å². The summed E-state index contributed by atoms with van der Waals surface area (Å²) in [6.07, 6.45) is 18.1. The summed E-state index contributed by atoms with van der Waals surface area (Å²) in [7, 11) is 0. The molecule has 4 nitrogen and oxygen atoms in total. The summed E-state index contributed by atoms with van der Waals surface area (Å²) in [5.74, 6) is 1.55. The number of hydrogen-bond donors (Lipinski definition) is 1. The fourth-order valence-corrected chi connectivity index (χ4v) is 5.65. The van der Waals surface area contributed by atoms with Gasteiger partial charge >= 0.3 is 0 Å². The first kappa shape index (κ1) is 30.4. The third-order valence-electron chi connectivity index (χ3n) is 6.88. The second-order valence-corrected chi connectivity index (χ2v) is 11.5. The highest BCUT2D eigenvalue weighted by molar-refractivity contribution is 8.02. The summed E-state index contributed by atoms with van der Waals surface area (Å²) in [6.45, 7) is 3.77. The molecule has 0 radical (unpaired) electrons. The summed E-state index contributed by atoms with van der Waals surface area (Å²) < 4.78 is 6.07. The number of amides is 1. The SMILES string of the molecule is CCCCCCCCCCCCCCOc1c(Cl)cccc1CC(=O)Nc1ccc(CN2C=CSC2)cc1. The Morgan fingerprint density at radius 2 is 1.58 bits per heavy atom. The molecule has 0 spiro atoms. The number of nitrogens with zero attached hydrogens (tertiary/aromatic N) is 1. The van der Waals surface area contributed by atoms with E-state index in [1.807, 2.05) is 30.3 Å². The van der Waals surface area contributed by atoms with Crippen molar-refractivity contribution in [2.75, 3.05) is 17.8 Å². The standard InChI is InChI=1S/C32H45ClN2O2S/c1-2-3-4-5-6-7-8-9-10-11-12-13-22-37-32-28(15-14-16-30(32)33)24-31(36)34-29-19-17-27(18-20-29)25-35-21-23-38-26-35/h14-21,23H,2-13,22,24-26H2,1H3,(H,34,36). The Bertz CT molecular complexity index is 980. The Labute approximate surface area is 239 Å². The molecule has 1 aliphatic heterocycles. The second-order valence-electron chi connectivity index (χ2n) is 10.2. The van der Waals surface area contributed by atoms with Crippen molar-refractivity contribution in [3.63, 3.8) is 0 Å². The van der Waals surface area contributed by atoms with Gasteiger partial charge in [0.2, 0.25) is 5.91 Å². The number of thioether (sulfide) groups is 1. The van der Waals surface area contributed by atoms with Crippen LogP contribution < -0.4 is 10.1 Å². The Balaban J connectivity index is 1.33. The maximum absolute atomic E-state index is 12.8. The lowest BCUT2D eigenvalue weighted by Gasteiger charge is -2.15. The molecule has 0 saturated carbocycles. The van der Waals surface area contributed by atoms with Crippen LogP contribution in [-0.4, -0.2) is 23.3 Å². The molecular weight excluding hydrogens is 512 g/mol. The van der Waals surface area contributed by atoms with Gasteiger partial charge in [-0.2, -0.15) is 0 Å². The number of hydrogen-bond acceptors (Lipinski definition) is 4. The molecule has 1 N–H and O–H groups in total. The lowest BCUT2D eigenvalue weighted by molar-refractivity contribution is -0.115. The van der Waals surface area contributed by atoms with E-state index in [0.29, 0.717) is 17.4 Å². The number of ether oxygens (including phenoxy) is 1. The summed E-state index contributed by atoms with van der Waals surface area (Å²) in [4.78, 5) is 15.0. The van der Waals surface area contributed by atoms with E-state index in [1.165, 1.54) is 76.2 Å². The van der Waals surface area contributed by atoms with Crippen LogP contribution >= 0.6 is 23.4 Å². The van der Waals surface area contributed by atoms with Gasteiger partial charge in [-0.05, 0) is 35.6 Å². The number of halogens is 1. The molecule has 208 valence electrons. The van der Waals surface area contributed by atoms with Gasteiger partial charge in [0.15, 0.2) is 0 Å². The van der Waals surface area contributed by atoms with E-state index in [4.69, 9.17) is 16.3 Å². The normalized spacial score (nSPS) is 12.7. The van der Waals surface area contributed by atoms with Crippen molar-refractivity contribution in [2.45, 2.75) is 96.9 Å². The Morgan fingerprint density at radius 1 is 0.921 bits per heavy atom. The highest BCUT2D eigenvalue weighted by Gasteiger charge is 2.13. The zero-order chi connectivity index (χ0) is 26.8. The van der Waals surface area contributed by atoms with Crippen molar-refractivity contribution in [3.8, 4) is 5.75 Å². The van der Waals surface area contributed by atoms with Crippen LogP contribution in [0.15, 0.2) is 54.1 Å². The van der Waals surface area contributed by atoms with E-state index in [1.54, 1.807) is 11.8 Å². The number of unbranched alkanes of at least 4 members (excludes halogenated alkanes) is 11. The van der Waals surface area contributed by atoms with Gasteiger partial charge in [0.05, 0.1) is 23.9 Å². The van der Waals surface area contributed by atoms with Crippen LogP contribution in [0.2, 0.25) is 5.02 Å². The van der Waals surface area contributed by atoms with E-state index in [-0.39, 0.29) is 12.3 Å². The molecule has 0 bridgehead atoms. The molecule has 3 rings (SSSR count). The first-order chi connectivity index (χ1) is 18.7.